The average Bonchev–Trinajstić information content (AvgIpc) is 2.82. The maximum atomic E-state index is 7.37. The summed E-state index contributed by atoms with van der Waals surface area (Å²) in [6.45, 7) is 5.07. The fourth-order valence-corrected chi connectivity index (χ4v) is 2.04. The highest BCUT2D eigenvalue weighted by molar-refractivity contribution is 5.78. The number of aryl methyl sites for hydroxylation is 1. The van der Waals surface area contributed by atoms with Gasteiger partial charge in [-0.25, -0.2) is 4.98 Å². The van der Waals surface area contributed by atoms with Gasteiger partial charge in [-0.15, -0.1) is 0 Å². The van der Waals surface area contributed by atoms with Crippen LogP contribution in [0.3, 0.4) is 0 Å². The summed E-state index contributed by atoms with van der Waals surface area (Å²) in [5.74, 6) is 0.307. The van der Waals surface area contributed by atoms with Crippen LogP contribution in [0.1, 0.15) is 30.7 Å². The molecule has 4 nitrogen and oxygen atoms in total. The minimum absolute atomic E-state index is 0.254. The summed E-state index contributed by atoms with van der Waals surface area (Å²) < 4.78 is 2.19. The van der Waals surface area contributed by atoms with Gasteiger partial charge in [0.15, 0.2) is 0 Å². The van der Waals surface area contributed by atoms with Crippen molar-refractivity contribution in [3.8, 4) is 0 Å². The summed E-state index contributed by atoms with van der Waals surface area (Å²) >= 11 is 0. The standard InChI is InChI=1S/C11H18N4/c1-8-9(2)15(7-14-8)6-11(3-4-11)5-10(12)13/h7H,3-6H2,1-2H3,(H3,12,13). The smallest absolute Gasteiger partial charge is 0.0951 e. The van der Waals surface area contributed by atoms with E-state index >= 15 is 0 Å². The monoisotopic (exact) mass is 206 g/mol. The zero-order chi connectivity index (χ0) is 11.1. The van der Waals surface area contributed by atoms with Gasteiger partial charge in [-0.3, -0.25) is 5.41 Å². The molecule has 0 radical (unpaired) electrons. The first-order chi connectivity index (χ1) is 7.02. The Labute approximate surface area is 90.0 Å². The predicted molar refractivity (Wildman–Crippen MR) is 59.9 cm³/mol. The minimum Gasteiger partial charge on any atom is -0.388 e. The Morgan fingerprint density at radius 2 is 2.27 bits per heavy atom. The first-order valence-corrected chi connectivity index (χ1v) is 5.34. The van der Waals surface area contributed by atoms with E-state index in [-0.39, 0.29) is 5.41 Å². The van der Waals surface area contributed by atoms with E-state index in [2.05, 4.69) is 16.5 Å². The molecule has 0 amide bonds. The molecule has 3 N–H and O–H groups in total. The van der Waals surface area contributed by atoms with Gasteiger partial charge in [0.05, 0.1) is 17.9 Å². The number of imidazole rings is 1. The number of aromatic nitrogens is 2. The van der Waals surface area contributed by atoms with Crippen molar-refractivity contribution < 1.29 is 0 Å². The van der Waals surface area contributed by atoms with Crippen molar-refractivity contribution in [1.82, 2.24) is 9.55 Å². The molecule has 1 aromatic heterocycles. The van der Waals surface area contributed by atoms with Gasteiger partial charge in [0.2, 0.25) is 0 Å². The van der Waals surface area contributed by atoms with Crippen molar-refractivity contribution >= 4 is 5.84 Å². The maximum Gasteiger partial charge on any atom is 0.0951 e. The molecule has 0 aromatic carbocycles. The summed E-state index contributed by atoms with van der Waals surface area (Å²) in [4.78, 5) is 4.29. The highest BCUT2D eigenvalue weighted by Crippen LogP contribution is 2.50. The number of amidine groups is 1. The first-order valence-electron chi connectivity index (χ1n) is 5.34. The van der Waals surface area contributed by atoms with E-state index in [1.54, 1.807) is 0 Å². The fraction of sp³-hybridized carbons (Fsp3) is 0.636. The molecule has 1 aliphatic rings. The average molecular weight is 206 g/mol. The SMILES string of the molecule is Cc1ncn(CC2(CC(=N)N)CC2)c1C. The maximum absolute atomic E-state index is 7.37. The van der Waals surface area contributed by atoms with E-state index in [1.165, 1.54) is 18.5 Å². The molecule has 2 rings (SSSR count). The Kier molecular flexibility index (Phi) is 2.29. The second kappa shape index (κ2) is 3.36. The Bertz CT molecular complexity index is 387. The predicted octanol–water partition coefficient (Wildman–Crippen LogP) is 1.61. The van der Waals surface area contributed by atoms with E-state index in [1.807, 2.05) is 13.3 Å². The van der Waals surface area contributed by atoms with Crippen LogP contribution in [0.25, 0.3) is 0 Å². The van der Waals surface area contributed by atoms with Crippen molar-refractivity contribution in [3.63, 3.8) is 0 Å². The molecule has 82 valence electrons. The van der Waals surface area contributed by atoms with E-state index in [0.717, 1.165) is 18.7 Å². The number of hydrogen-bond acceptors (Lipinski definition) is 2. The van der Waals surface area contributed by atoms with Crippen molar-refractivity contribution in [3.05, 3.63) is 17.7 Å². The van der Waals surface area contributed by atoms with Gasteiger partial charge in [-0.05, 0) is 32.1 Å². The third-order valence-electron chi connectivity index (χ3n) is 3.37. The lowest BCUT2D eigenvalue weighted by Gasteiger charge is -2.16. The van der Waals surface area contributed by atoms with E-state index in [0.29, 0.717) is 5.84 Å². The Balaban J connectivity index is 2.09. The zero-order valence-corrected chi connectivity index (χ0v) is 9.38. The van der Waals surface area contributed by atoms with Gasteiger partial charge in [0.25, 0.3) is 0 Å². The molecule has 0 unspecified atom stereocenters. The minimum atomic E-state index is 0.254. The van der Waals surface area contributed by atoms with Crippen LogP contribution < -0.4 is 5.73 Å². The van der Waals surface area contributed by atoms with Crippen LogP contribution in [-0.4, -0.2) is 15.4 Å². The Hall–Kier alpha value is -1.32. The zero-order valence-electron chi connectivity index (χ0n) is 9.38. The van der Waals surface area contributed by atoms with Gasteiger partial charge in [-0.1, -0.05) is 0 Å². The molecule has 0 spiro atoms. The molecule has 0 atom stereocenters. The van der Waals surface area contributed by atoms with Gasteiger partial charge in [0.1, 0.15) is 0 Å². The molecular formula is C11H18N4. The first kappa shape index (κ1) is 10.2. The van der Waals surface area contributed by atoms with Crippen molar-refractivity contribution in [1.29, 1.82) is 5.41 Å². The Morgan fingerprint density at radius 1 is 1.60 bits per heavy atom. The molecule has 1 heterocycles. The van der Waals surface area contributed by atoms with E-state index in [9.17, 15) is 0 Å². The summed E-state index contributed by atoms with van der Waals surface area (Å²) in [6.07, 6.45) is 4.99. The van der Waals surface area contributed by atoms with Gasteiger partial charge in [-0.2, -0.15) is 0 Å². The fourth-order valence-electron chi connectivity index (χ4n) is 2.04. The van der Waals surface area contributed by atoms with Gasteiger partial charge in [0, 0.05) is 18.7 Å². The second-order valence-electron chi connectivity index (χ2n) is 4.75. The quantitative estimate of drug-likeness (QED) is 0.580. The van der Waals surface area contributed by atoms with Crippen LogP contribution in [0, 0.1) is 24.7 Å². The molecule has 15 heavy (non-hydrogen) atoms. The number of hydrogen-bond donors (Lipinski definition) is 2. The highest BCUT2D eigenvalue weighted by Gasteiger charge is 2.43. The van der Waals surface area contributed by atoms with Gasteiger partial charge >= 0.3 is 0 Å². The van der Waals surface area contributed by atoms with Crippen LogP contribution in [0.15, 0.2) is 6.33 Å². The molecule has 0 aliphatic heterocycles. The van der Waals surface area contributed by atoms with E-state index in [4.69, 9.17) is 11.1 Å². The van der Waals surface area contributed by atoms with Crippen molar-refractivity contribution in [2.45, 2.75) is 39.7 Å². The largest absolute Gasteiger partial charge is 0.388 e. The highest BCUT2D eigenvalue weighted by atomic mass is 15.1. The molecule has 1 aliphatic carbocycles. The normalized spacial score (nSPS) is 17.7. The lowest BCUT2D eigenvalue weighted by atomic mass is 10.0. The molecule has 1 fully saturated rings. The molecular weight excluding hydrogens is 188 g/mol. The van der Waals surface area contributed by atoms with Crippen LogP contribution in [0.2, 0.25) is 0 Å². The third-order valence-corrected chi connectivity index (χ3v) is 3.37. The second-order valence-corrected chi connectivity index (χ2v) is 4.75. The van der Waals surface area contributed by atoms with Crippen LogP contribution in [0.4, 0.5) is 0 Å². The van der Waals surface area contributed by atoms with Crippen LogP contribution in [-0.2, 0) is 6.54 Å². The number of nitrogens with zero attached hydrogens (tertiary/aromatic N) is 2. The molecule has 0 saturated heterocycles. The number of nitrogens with one attached hydrogen (secondary N) is 1. The topological polar surface area (TPSA) is 67.7 Å². The molecule has 4 heteroatoms. The number of nitrogens with two attached hydrogens (primary N) is 1. The summed E-state index contributed by atoms with van der Waals surface area (Å²) in [5, 5.41) is 7.37. The summed E-state index contributed by atoms with van der Waals surface area (Å²) in [5.41, 5.74) is 8.05. The van der Waals surface area contributed by atoms with E-state index < -0.39 is 0 Å². The lowest BCUT2D eigenvalue weighted by Crippen LogP contribution is -2.20. The molecule has 0 bridgehead atoms. The molecule has 1 saturated carbocycles. The Morgan fingerprint density at radius 3 is 2.67 bits per heavy atom. The van der Waals surface area contributed by atoms with Crippen molar-refractivity contribution in [2.24, 2.45) is 11.1 Å². The van der Waals surface area contributed by atoms with Crippen LogP contribution >= 0.6 is 0 Å². The summed E-state index contributed by atoms with van der Waals surface area (Å²) in [7, 11) is 0. The van der Waals surface area contributed by atoms with Gasteiger partial charge < -0.3 is 10.3 Å². The van der Waals surface area contributed by atoms with Crippen LogP contribution in [0.5, 0.6) is 0 Å². The third kappa shape index (κ3) is 2.03. The number of rotatable bonds is 4. The lowest BCUT2D eigenvalue weighted by molar-refractivity contribution is 0.431. The summed E-state index contributed by atoms with van der Waals surface area (Å²) in [6, 6.07) is 0. The van der Waals surface area contributed by atoms with Crippen molar-refractivity contribution in [2.75, 3.05) is 0 Å². The molecule has 1 aromatic rings.